The maximum atomic E-state index is 12.9. The molecule has 1 aliphatic rings. The molecule has 1 amide bonds. The van der Waals surface area contributed by atoms with E-state index in [0.717, 1.165) is 0 Å². The maximum absolute atomic E-state index is 12.9. The first-order chi connectivity index (χ1) is 9.80. The quantitative estimate of drug-likeness (QED) is 0.841. The molecule has 0 saturated heterocycles. The van der Waals surface area contributed by atoms with Gasteiger partial charge in [-0.1, -0.05) is 17.5 Å². The zero-order chi connectivity index (χ0) is 15.6. The average molecular weight is 310 g/mol. The molecule has 1 aromatic heterocycles. The molecule has 0 aliphatic heterocycles. The van der Waals surface area contributed by atoms with Gasteiger partial charge in [-0.05, 0) is 32.8 Å². The Balaban J connectivity index is 2.19. The van der Waals surface area contributed by atoms with Crippen molar-refractivity contribution in [2.45, 2.75) is 44.4 Å². The van der Waals surface area contributed by atoms with Crippen molar-refractivity contribution in [3.63, 3.8) is 0 Å². The van der Waals surface area contributed by atoms with Gasteiger partial charge in [-0.15, -0.1) is 6.42 Å². The summed E-state index contributed by atoms with van der Waals surface area (Å²) in [6.45, 7) is 3.44. The van der Waals surface area contributed by atoms with E-state index >= 15 is 0 Å². The molecule has 0 spiro atoms. The van der Waals surface area contributed by atoms with Gasteiger partial charge in [0, 0.05) is 12.2 Å². The number of amides is 1. The van der Waals surface area contributed by atoms with Gasteiger partial charge < -0.3 is 10.6 Å². The van der Waals surface area contributed by atoms with Crippen LogP contribution in [0.2, 0.25) is 5.02 Å². The van der Waals surface area contributed by atoms with E-state index in [-0.39, 0.29) is 11.9 Å². The topological polar surface area (TPSA) is 54.0 Å². The number of hydrogen-bond donors (Lipinski definition) is 2. The molecule has 1 aliphatic carbocycles. The van der Waals surface area contributed by atoms with Crippen LogP contribution in [-0.2, 0) is 0 Å². The van der Waals surface area contributed by atoms with Crippen molar-refractivity contribution in [3.05, 3.63) is 22.8 Å². The van der Waals surface area contributed by atoms with Crippen molar-refractivity contribution in [1.29, 1.82) is 0 Å². The third-order valence-corrected chi connectivity index (χ3v) is 3.51. The Morgan fingerprint density at radius 1 is 1.57 bits per heavy atom. The summed E-state index contributed by atoms with van der Waals surface area (Å²) in [5.41, 5.74) is -0.481. The van der Waals surface area contributed by atoms with Gasteiger partial charge in [-0.3, -0.25) is 4.79 Å². The first-order valence-corrected chi connectivity index (χ1v) is 7.05. The number of carbonyl (C=O) groups excluding carboxylic acids is 1. The fourth-order valence-corrected chi connectivity index (χ4v) is 2.13. The number of anilines is 1. The van der Waals surface area contributed by atoms with Gasteiger partial charge in [0.15, 0.2) is 0 Å². The van der Waals surface area contributed by atoms with Crippen LogP contribution in [0.4, 0.5) is 10.2 Å². The number of carbonyl (C=O) groups is 1. The highest BCUT2D eigenvalue weighted by molar-refractivity contribution is 6.31. The van der Waals surface area contributed by atoms with Crippen LogP contribution in [0.1, 0.15) is 37.0 Å². The predicted octanol–water partition coefficient (Wildman–Crippen LogP) is 2.79. The second-order valence-corrected chi connectivity index (χ2v) is 6.12. The second kappa shape index (κ2) is 5.90. The zero-order valence-corrected chi connectivity index (χ0v) is 12.7. The van der Waals surface area contributed by atoms with Crippen molar-refractivity contribution >= 4 is 23.3 Å². The fraction of sp³-hybridized carbons (Fsp3) is 0.467. The summed E-state index contributed by atoms with van der Waals surface area (Å²) >= 11 is 5.90. The summed E-state index contributed by atoms with van der Waals surface area (Å²) in [6, 6.07) is 1.51. The number of rotatable bonds is 4. The van der Waals surface area contributed by atoms with Crippen LogP contribution in [-0.4, -0.2) is 28.6 Å². The molecule has 1 aromatic rings. The highest BCUT2D eigenvalue weighted by atomic mass is 35.5. The van der Waals surface area contributed by atoms with Crippen LogP contribution < -0.4 is 10.6 Å². The number of pyridine rings is 1. The monoisotopic (exact) mass is 309 g/mol. The van der Waals surface area contributed by atoms with Crippen LogP contribution >= 0.6 is 11.6 Å². The molecule has 2 N–H and O–H groups in total. The number of terminal acetylenes is 1. The summed E-state index contributed by atoms with van der Waals surface area (Å²) in [5, 5.41) is 6.14. The highest BCUT2D eigenvalue weighted by Crippen LogP contribution is 2.28. The van der Waals surface area contributed by atoms with E-state index in [9.17, 15) is 9.18 Å². The zero-order valence-electron chi connectivity index (χ0n) is 11.9. The van der Waals surface area contributed by atoms with Gasteiger partial charge in [0.1, 0.15) is 12.0 Å². The van der Waals surface area contributed by atoms with Gasteiger partial charge in [0.2, 0.25) is 0 Å². The van der Waals surface area contributed by atoms with Crippen LogP contribution in [0.5, 0.6) is 0 Å². The SMILES string of the molecule is C#CC(C)(C)NC(=O)c1cc(Cl)cnc1NC1CC(F)C1. The van der Waals surface area contributed by atoms with E-state index in [1.54, 1.807) is 13.8 Å². The fourth-order valence-electron chi connectivity index (χ4n) is 1.97. The Bertz CT molecular complexity index is 591. The first kappa shape index (κ1) is 15.6. The Morgan fingerprint density at radius 2 is 2.24 bits per heavy atom. The lowest BCUT2D eigenvalue weighted by Gasteiger charge is -2.31. The Hall–Kier alpha value is -1.80. The third kappa shape index (κ3) is 3.85. The molecule has 6 heteroatoms. The van der Waals surface area contributed by atoms with E-state index < -0.39 is 11.7 Å². The van der Waals surface area contributed by atoms with E-state index in [1.807, 2.05) is 0 Å². The lowest BCUT2D eigenvalue weighted by Crippen LogP contribution is -2.43. The molecule has 1 fully saturated rings. The van der Waals surface area contributed by atoms with Crippen LogP contribution in [0.3, 0.4) is 0 Å². The highest BCUT2D eigenvalue weighted by Gasteiger charge is 2.30. The minimum Gasteiger partial charge on any atom is -0.366 e. The van der Waals surface area contributed by atoms with Crippen molar-refractivity contribution in [2.24, 2.45) is 0 Å². The lowest BCUT2D eigenvalue weighted by atomic mass is 9.90. The smallest absolute Gasteiger partial charge is 0.256 e. The summed E-state index contributed by atoms with van der Waals surface area (Å²) in [7, 11) is 0. The van der Waals surface area contributed by atoms with Crippen molar-refractivity contribution in [2.75, 3.05) is 5.32 Å². The number of nitrogens with one attached hydrogen (secondary N) is 2. The summed E-state index contributed by atoms with van der Waals surface area (Å²) in [5.74, 6) is 2.51. The lowest BCUT2D eigenvalue weighted by molar-refractivity contribution is 0.0930. The number of hydrogen-bond acceptors (Lipinski definition) is 3. The Labute approximate surface area is 128 Å². The van der Waals surface area contributed by atoms with Gasteiger partial charge >= 0.3 is 0 Å². The minimum absolute atomic E-state index is 0.0131. The largest absolute Gasteiger partial charge is 0.366 e. The molecule has 4 nitrogen and oxygen atoms in total. The molecule has 21 heavy (non-hydrogen) atoms. The van der Waals surface area contributed by atoms with E-state index in [4.69, 9.17) is 18.0 Å². The average Bonchev–Trinajstić information content (AvgIpc) is 2.38. The molecule has 0 aromatic carbocycles. The minimum atomic E-state index is -0.785. The van der Waals surface area contributed by atoms with Crippen molar-refractivity contribution in [1.82, 2.24) is 10.3 Å². The van der Waals surface area contributed by atoms with Crippen molar-refractivity contribution < 1.29 is 9.18 Å². The molecule has 112 valence electrons. The van der Waals surface area contributed by atoms with Gasteiger partial charge in [0.25, 0.3) is 5.91 Å². The van der Waals surface area contributed by atoms with Gasteiger partial charge in [0.05, 0.1) is 16.1 Å². The predicted molar refractivity (Wildman–Crippen MR) is 81.2 cm³/mol. The number of aromatic nitrogens is 1. The number of alkyl halides is 1. The molecule has 2 rings (SSSR count). The molecule has 1 heterocycles. The number of nitrogens with zero attached hydrogens (tertiary/aromatic N) is 1. The number of halogens is 2. The standard InChI is InChI=1S/C15H17ClFN3O/c1-4-15(2,3)20-14(21)12-5-9(16)8-18-13(12)19-11-6-10(17)7-11/h1,5,8,10-11H,6-7H2,2-3H3,(H,18,19)(H,20,21). The normalized spacial score (nSPS) is 21.1. The summed E-state index contributed by atoms with van der Waals surface area (Å²) in [6.07, 6.45) is 6.86. The van der Waals surface area contributed by atoms with Crippen LogP contribution in [0.15, 0.2) is 12.3 Å². The summed E-state index contributed by atoms with van der Waals surface area (Å²) < 4.78 is 12.9. The van der Waals surface area contributed by atoms with E-state index in [1.165, 1.54) is 12.3 Å². The second-order valence-electron chi connectivity index (χ2n) is 5.68. The third-order valence-electron chi connectivity index (χ3n) is 3.31. The molecule has 1 saturated carbocycles. The van der Waals surface area contributed by atoms with E-state index in [2.05, 4.69) is 21.5 Å². The first-order valence-electron chi connectivity index (χ1n) is 6.67. The van der Waals surface area contributed by atoms with Crippen LogP contribution in [0, 0.1) is 12.3 Å². The Morgan fingerprint density at radius 3 is 2.81 bits per heavy atom. The maximum Gasteiger partial charge on any atom is 0.256 e. The van der Waals surface area contributed by atoms with Gasteiger partial charge in [-0.25, -0.2) is 9.37 Å². The van der Waals surface area contributed by atoms with E-state index in [0.29, 0.717) is 29.2 Å². The Kier molecular flexibility index (Phi) is 4.38. The molecule has 0 atom stereocenters. The molecular formula is C15H17ClFN3O. The van der Waals surface area contributed by atoms with Gasteiger partial charge in [-0.2, -0.15) is 0 Å². The molecule has 0 bridgehead atoms. The van der Waals surface area contributed by atoms with Crippen molar-refractivity contribution in [3.8, 4) is 12.3 Å². The molecule has 0 unspecified atom stereocenters. The summed E-state index contributed by atoms with van der Waals surface area (Å²) in [4.78, 5) is 16.4. The molecular weight excluding hydrogens is 293 g/mol. The van der Waals surface area contributed by atoms with Crippen LogP contribution in [0.25, 0.3) is 0 Å². The molecule has 0 radical (unpaired) electrons.